The summed E-state index contributed by atoms with van der Waals surface area (Å²) in [7, 11) is 1.27. The number of ether oxygens (including phenoxy) is 3. The van der Waals surface area contributed by atoms with Gasteiger partial charge in [0, 0.05) is 18.4 Å². The number of rotatable bonds is 4. The molecule has 1 heterocycles. The molecule has 0 aromatic heterocycles. The van der Waals surface area contributed by atoms with Crippen molar-refractivity contribution in [3.05, 3.63) is 52.6 Å². The molecule has 6 nitrogen and oxygen atoms in total. The number of ketones is 1. The molecule has 1 aromatic carbocycles. The van der Waals surface area contributed by atoms with E-state index in [-0.39, 0.29) is 29.3 Å². The lowest BCUT2D eigenvalue weighted by Crippen LogP contribution is -2.35. The van der Waals surface area contributed by atoms with Crippen LogP contribution >= 0.6 is 0 Å². The summed E-state index contributed by atoms with van der Waals surface area (Å²) >= 11 is 0. The Morgan fingerprint density at radius 2 is 2.00 bits per heavy atom. The third-order valence-electron chi connectivity index (χ3n) is 4.90. The van der Waals surface area contributed by atoms with Gasteiger partial charge in [-0.3, -0.25) is 4.79 Å². The summed E-state index contributed by atoms with van der Waals surface area (Å²) < 4.78 is 16.0. The first kappa shape index (κ1) is 19.6. The van der Waals surface area contributed by atoms with Gasteiger partial charge in [-0.05, 0) is 23.1 Å². The predicted octanol–water partition coefficient (Wildman–Crippen LogP) is 2.80. The van der Waals surface area contributed by atoms with Crippen molar-refractivity contribution in [2.75, 3.05) is 13.7 Å². The number of carbonyl (C=O) groups excluding carboxylic acids is 2. The number of nitrogens with two attached hydrogens (primary N) is 1. The van der Waals surface area contributed by atoms with Gasteiger partial charge in [0.1, 0.15) is 23.7 Å². The number of allylic oxidation sites excluding steroid dienone is 2. The minimum atomic E-state index is -0.651. The van der Waals surface area contributed by atoms with Crippen LogP contribution in [-0.4, -0.2) is 25.5 Å². The van der Waals surface area contributed by atoms with Crippen LogP contribution in [0, 0.1) is 17.8 Å². The molecule has 0 saturated carbocycles. The van der Waals surface area contributed by atoms with E-state index in [2.05, 4.69) is 5.92 Å². The molecule has 146 valence electrons. The molecule has 1 aliphatic heterocycles. The predicted molar refractivity (Wildman–Crippen MR) is 103 cm³/mol. The van der Waals surface area contributed by atoms with Crippen LogP contribution in [0.25, 0.3) is 0 Å². The number of hydrogen-bond acceptors (Lipinski definition) is 6. The van der Waals surface area contributed by atoms with Crippen LogP contribution in [0.4, 0.5) is 0 Å². The highest BCUT2D eigenvalue weighted by atomic mass is 16.5. The van der Waals surface area contributed by atoms with E-state index in [4.69, 9.17) is 26.4 Å². The summed E-state index contributed by atoms with van der Waals surface area (Å²) in [5, 5.41) is 0. The van der Waals surface area contributed by atoms with Crippen LogP contribution in [0.5, 0.6) is 5.75 Å². The number of methoxy groups -OCH3 is 1. The Morgan fingerprint density at radius 3 is 2.61 bits per heavy atom. The van der Waals surface area contributed by atoms with Gasteiger partial charge < -0.3 is 19.9 Å². The van der Waals surface area contributed by atoms with Crippen LogP contribution in [0.3, 0.4) is 0 Å². The first-order chi connectivity index (χ1) is 13.3. The Hall–Kier alpha value is -3.20. The monoisotopic (exact) mass is 381 g/mol. The normalized spacial score (nSPS) is 20.8. The van der Waals surface area contributed by atoms with E-state index in [0.29, 0.717) is 29.9 Å². The average molecular weight is 381 g/mol. The summed E-state index contributed by atoms with van der Waals surface area (Å²) in [6.07, 6.45) is 6.13. The maximum atomic E-state index is 13.0. The lowest BCUT2D eigenvalue weighted by Gasteiger charge is -2.37. The second kappa shape index (κ2) is 7.43. The average Bonchev–Trinajstić information content (AvgIpc) is 2.64. The summed E-state index contributed by atoms with van der Waals surface area (Å²) in [6, 6.07) is 7.06. The van der Waals surface area contributed by atoms with Crippen molar-refractivity contribution in [3.8, 4) is 18.1 Å². The van der Waals surface area contributed by atoms with Gasteiger partial charge in [0.05, 0.1) is 13.0 Å². The van der Waals surface area contributed by atoms with Gasteiger partial charge in [-0.2, -0.15) is 0 Å². The SMILES string of the molecule is C#CCOc1ccc([C@H]2C(C(=O)OC)=C(N)OC3=C2C(=O)CC(C)(C)C3)cc1. The summed E-state index contributed by atoms with van der Waals surface area (Å²) in [4.78, 5) is 25.5. The zero-order valence-corrected chi connectivity index (χ0v) is 16.2. The molecule has 0 radical (unpaired) electrons. The number of esters is 1. The van der Waals surface area contributed by atoms with E-state index in [1.54, 1.807) is 24.3 Å². The van der Waals surface area contributed by atoms with Gasteiger partial charge in [0.25, 0.3) is 0 Å². The van der Waals surface area contributed by atoms with Gasteiger partial charge in [-0.15, -0.1) is 6.42 Å². The smallest absolute Gasteiger partial charge is 0.340 e. The van der Waals surface area contributed by atoms with Gasteiger partial charge >= 0.3 is 5.97 Å². The van der Waals surface area contributed by atoms with Gasteiger partial charge in [0.15, 0.2) is 5.78 Å². The Kier molecular flexibility index (Phi) is 5.19. The van der Waals surface area contributed by atoms with Crippen molar-refractivity contribution >= 4 is 11.8 Å². The Labute approximate surface area is 164 Å². The molecule has 1 aromatic rings. The van der Waals surface area contributed by atoms with Crippen LogP contribution in [-0.2, 0) is 19.1 Å². The van der Waals surface area contributed by atoms with Gasteiger partial charge in [-0.25, -0.2) is 4.79 Å². The molecule has 0 saturated heterocycles. The zero-order valence-electron chi connectivity index (χ0n) is 16.2. The van der Waals surface area contributed by atoms with Crippen molar-refractivity contribution in [3.63, 3.8) is 0 Å². The van der Waals surface area contributed by atoms with Crippen molar-refractivity contribution in [1.29, 1.82) is 0 Å². The van der Waals surface area contributed by atoms with Gasteiger partial charge in [-0.1, -0.05) is 31.9 Å². The molecule has 3 rings (SSSR count). The minimum absolute atomic E-state index is 0.0336. The van der Waals surface area contributed by atoms with Crippen molar-refractivity contribution in [1.82, 2.24) is 0 Å². The number of hydrogen-bond donors (Lipinski definition) is 1. The molecule has 2 N–H and O–H groups in total. The number of Topliss-reactive ketones (excluding diaryl/α,β-unsaturated/α-hetero) is 1. The molecule has 1 atom stereocenters. The molecular formula is C22H23NO5. The summed E-state index contributed by atoms with van der Waals surface area (Å²) in [6.45, 7) is 4.15. The lowest BCUT2D eigenvalue weighted by atomic mass is 9.70. The van der Waals surface area contributed by atoms with Crippen molar-refractivity contribution < 1.29 is 23.8 Å². The molecule has 6 heteroatoms. The quantitative estimate of drug-likeness (QED) is 0.637. The third kappa shape index (κ3) is 3.61. The van der Waals surface area contributed by atoms with Crippen LogP contribution in [0.2, 0.25) is 0 Å². The molecule has 0 amide bonds. The minimum Gasteiger partial charge on any atom is -0.481 e. The first-order valence-corrected chi connectivity index (χ1v) is 8.95. The Balaban J connectivity index is 2.10. The molecule has 1 aliphatic carbocycles. The highest BCUT2D eigenvalue weighted by Crippen LogP contribution is 2.48. The van der Waals surface area contributed by atoms with E-state index in [1.807, 2.05) is 13.8 Å². The maximum Gasteiger partial charge on any atom is 0.340 e. The fourth-order valence-electron chi connectivity index (χ4n) is 3.71. The highest BCUT2D eigenvalue weighted by Gasteiger charge is 2.44. The number of terminal acetylenes is 1. The largest absolute Gasteiger partial charge is 0.481 e. The first-order valence-electron chi connectivity index (χ1n) is 8.95. The second-order valence-electron chi connectivity index (χ2n) is 7.64. The van der Waals surface area contributed by atoms with E-state index in [9.17, 15) is 9.59 Å². The lowest BCUT2D eigenvalue weighted by molar-refractivity contribution is -0.136. The van der Waals surface area contributed by atoms with E-state index >= 15 is 0 Å². The van der Waals surface area contributed by atoms with E-state index in [1.165, 1.54) is 7.11 Å². The van der Waals surface area contributed by atoms with Gasteiger partial charge in [0.2, 0.25) is 5.88 Å². The van der Waals surface area contributed by atoms with Crippen LogP contribution < -0.4 is 10.5 Å². The maximum absolute atomic E-state index is 13.0. The number of benzene rings is 1. The zero-order chi connectivity index (χ0) is 20.5. The standard InChI is InChI=1S/C22H23NO5/c1-5-10-27-14-8-6-13(7-9-14)17-18-15(24)11-22(2,3)12-16(18)28-20(23)19(17)21(25)26-4/h1,6-9,17H,10-12,23H2,2-4H3/t17-/m1/s1. The fourth-order valence-corrected chi connectivity index (χ4v) is 3.71. The summed E-state index contributed by atoms with van der Waals surface area (Å²) in [5.41, 5.74) is 7.16. The molecule has 0 fully saturated rings. The molecular weight excluding hydrogens is 358 g/mol. The molecule has 28 heavy (non-hydrogen) atoms. The second-order valence-corrected chi connectivity index (χ2v) is 7.64. The van der Waals surface area contributed by atoms with E-state index < -0.39 is 11.9 Å². The Morgan fingerprint density at radius 1 is 1.32 bits per heavy atom. The molecule has 0 unspecified atom stereocenters. The summed E-state index contributed by atoms with van der Waals surface area (Å²) in [5.74, 6) is 2.15. The van der Waals surface area contributed by atoms with Crippen LogP contribution in [0.15, 0.2) is 47.1 Å². The topological polar surface area (TPSA) is 87.8 Å². The van der Waals surface area contributed by atoms with Crippen molar-refractivity contribution in [2.45, 2.75) is 32.6 Å². The highest BCUT2D eigenvalue weighted by molar-refractivity contribution is 6.03. The molecule has 0 spiro atoms. The van der Waals surface area contributed by atoms with Crippen LogP contribution in [0.1, 0.15) is 38.2 Å². The van der Waals surface area contributed by atoms with E-state index in [0.717, 1.165) is 5.56 Å². The Bertz CT molecular complexity index is 915. The molecule has 0 bridgehead atoms. The molecule has 2 aliphatic rings. The fraction of sp³-hybridized carbons (Fsp3) is 0.364. The van der Waals surface area contributed by atoms with Crippen molar-refractivity contribution in [2.24, 2.45) is 11.1 Å². The third-order valence-corrected chi connectivity index (χ3v) is 4.90. The number of carbonyl (C=O) groups is 2.